The van der Waals surface area contributed by atoms with Gasteiger partial charge in [-0.15, -0.1) is 0 Å². The molecule has 0 unspecified atom stereocenters. The Balaban J connectivity index is 2.30. The molecular weight excluding hydrogens is 118 g/mol. The largest absolute Gasteiger partial charge is 0.446 e. The molecule has 0 aliphatic carbocycles. The first-order chi connectivity index (χ1) is 4.43. The number of hydrogen-bond donors (Lipinski definition) is 0. The minimum atomic E-state index is 0.476. The number of aromatic nitrogens is 1. The highest BCUT2D eigenvalue weighted by molar-refractivity contribution is 4.75. The molecule has 1 rings (SSSR count). The molecule has 9 heavy (non-hydrogen) atoms. The van der Waals surface area contributed by atoms with Crippen LogP contribution in [0.2, 0.25) is 0 Å². The molecule has 0 fully saturated rings. The van der Waals surface area contributed by atoms with Crippen molar-refractivity contribution < 1.29 is 9.15 Å². The molecule has 0 aliphatic rings. The highest BCUT2D eigenvalue weighted by atomic mass is 16.5. The molecule has 1 aromatic rings. The second kappa shape index (κ2) is 3.25. The predicted molar refractivity (Wildman–Crippen MR) is 31.8 cm³/mol. The Morgan fingerprint density at radius 2 is 2.67 bits per heavy atom. The van der Waals surface area contributed by atoms with Crippen molar-refractivity contribution in [3.8, 4) is 0 Å². The van der Waals surface area contributed by atoms with Crippen molar-refractivity contribution in [2.24, 2.45) is 0 Å². The van der Waals surface area contributed by atoms with Gasteiger partial charge in [0.05, 0.1) is 6.20 Å². The van der Waals surface area contributed by atoms with Crippen LogP contribution in [-0.4, -0.2) is 11.6 Å². The second-order valence-electron chi connectivity index (χ2n) is 1.56. The summed E-state index contributed by atoms with van der Waals surface area (Å²) in [6.45, 7) is 3.11. The quantitative estimate of drug-likeness (QED) is 0.612. The topological polar surface area (TPSA) is 35.3 Å². The molecule has 0 radical (unpaired) electrons. The lowest BCUT2D eigenvalue weighted by Crippen LogP contribution is -1.90. The molecule has 3 heteroatoms. The zero-order chi connectivity index (χ0) is 6.53. The predicted octanol–water partition coefficient (Wildman–Crippen LogP) is 1.21. The molecule has 0 aliphatic heterocycles. The Morgan fingerprint density at radius 1 is 1.78 bits per heavy atom. The van der Waals surface area contributed by atoms with Crippen molar-refractivity contribution in [1.82, 2.24) is 4.98 Å². The van der Waals surface area contributed by atoms with E-state index in [1.165, 1.54) is 6.26 Å². The van der Waals surface area contributed by atoms with Crippen molar-refractivity contribution in [3.63, 3.8) is 0 Å². The third-order valence-corrected chi connectivity index (χ3v) is 0.913. The Bertz CT molecular complexity index is 148. The van der Waals surface area contributed by atoms with Crippen molar-refractivity contribution >= 4 is 0 Å². The van der Waals surface area contributed by atoms with Gasteiger partial charge in [0.2, 0.25) is 5.89 Å². The van der Waals surface area contributed by atoms with Gasteiger partial charge in [-0.1, -0.05) is 0 Å². The summed E-state index contributed by atoms with van der Waals surface area (Å²) in [6, 6.07) is 0. The first-order valence-electron chi connectivity index (χ1n) is 2.89. The van der Waals surface area contributed by atoms with E-state index < -0.39 is 0 Å². The van der Waals surface area contributed by atoms with Crippen molar-refractivity contribution in [3.05, 3.63) is 18.4 Å². The van der Waals surface area contributed by atoms with Gasteiger partial charge < -0.3 is 9.15 Å². The van der Waals surface area contributed by atoms with Gasteiger partial charge in [-0.3, -0.25) is 0 Å². The summed E-state index contributed by atoms with van der Waals surface area (Å²) in [7, 11) is 0. The van der Waals surface area contributed by atoms with Crippen LogP contribution in [0.15, 0.2) is 16.9 Å². The first kappa shape index (κ1) is 6.29. The van der Waals surface area contributed by atoms with E-state index in [0.29, 0.717) is 19.1 Å². The molecule has 0 saturated carbocycles. The average molecular weight is 127 g/mol. The van der Waals surface area contributed by atoms with Crippen LogP contribution in [0.1, 0.15) is 12.8 Å². The number of hydrogen-bond acceptors (Lipinski definition) is 3. The third kappa shape index (κ3) is 1.85. The molecule has 0 spiro atoms. The molecule has 0 saturated heterocycles. The Kier molecular flexibility index (Phi) is 2.27. The molecule has 0 atom stereocenters. The summed E-state index contributed by atoms with van der Waals surface area (Å²) in [5.74, 6) is 0.636. The van der Waals surface area contributed by atoms with Crippen LogP contribution in [0, 0.1) is 0 Å². The highest BCUT2D eigenvalue weighted by Crippen LogP contribution is 1.95. The SMILES string of the molecule is CCOCc1ncco1. The Labute approximate surface area is 53.7 Å². The zero-order valence-corrected chi connectivity index (χ0v) is 5.33. The van der Waals surface area contributed by atoms with E-state index in [-0.39, 0.29) is 0 Å². The third-order valence-electron chi connectivity index (χ3n) is 0.913. The molecule has 0 amide bonds. The first-order valence-corrected chi connectivity index (χ1v) is 2.89. The van der Waals surface area contributed by atoms with Gasteiger partial charge in [-0.05, 0) is 6.92 Å². The Hall–Kier alpha value is -0.830. The van der Waals surface area contributed by atoms with Crippen molar-refractivity contribution in [2.75, 3.05) is 6.61 Å². The molecule has 0 N–H and O–H groups in total. The van der Waals surface area contributed by atoms with E-state index in [9.17, 15) is 0 Å². The maximum absolute atomic E-state index is 5.02. The summed E-state index contributed by atoms with van der Waals surface area (Å²) in [6.07, 6.45) is 3.14. The number of nitrogens with zero attached hydrogens (tertiary/aromatic N) is 1. The fourth-order valence-corrected chi connectivity index (χ4v) is 0.514. The van der Waals surface area contributed by atoms with E-state index in [2.05, 4.69) is 4.98 Å². The van der Waals surface area contributed by atoms with Crippen molar-refractivity contribution in [2.45, 2.75) is 13.5 Å². The average Bonchev–Trinajstić information content (AvgIpc) is 2.34. The van der Waals surface area contributed by atoms with Gasteiger partial charge >= 0.3 is 0 Å². The van der Waals surface area contributed by atoms with E-state index in [4.69, 9.17) is 9.15 Å². The molecule has 50 valence electrons. The van der Waals surface area contributed by atoms with E-state index in [0.717, 1.165) is 0 Å². The fourth-order valence-electron chi connectivity index (χ4n) is 0.514. The molecule has 0 bridgehead atoms. The summed E-state index contributed by atoms with van der Waals surface area (Å²) >= 11 is 0. The zero-order valence-electron chi connectivity index (χ0n) is 5.33. The van der Waals surface area contributed by atoms with Crippen LogP contribution in [0.5, 0.6) is 0 Å². The van der Waals surface area contributed by atoms with Crippen LogP contribution in [0.25, 0.3) is 0 Å². The van der Waals surface area contributed by atoms with Crippen molar-refractivity contribution in [1.29, 1.82) is 0 Å². The molecule has 1 heterocycles. The lowest BCUT2D eigenvalue weighted by molar-refractivity contribution is 0.114. The van der Waals surface area contributed by atoms with E-state index in [1.54, 1.807) is 6.20 Å². The summed E-state index contributed by atoms with van der Waals surface area (Å²) in [4.78, 5) is 3.86. The van der Waals surface area contributed by atoms with E-state index in [1.807, 2.05) is 6.92 Å². The summed E-state index contributed by atoms with van der Waals surface area (Å²) < 4.78 is 9.92. The lowest BCUT2D eigenvalue weighted by Gasteiger charge is -1.92. The standard InChI is InChI=1S/C6H9NO2/c1-2-8-5-6-7-3-4-9-6/h3-4H,2,5H2,1H3. The van der Waals surface area contributed by atoms with E-state index >= 15 is 0 Å². The lowest BCUT2D eigenvalue weighted by atomic mass is 10.7. The van der Waals surface area contributed by atoms with Gasteiger partial charge in [0, 0.05) is 6.61 Å². The van der Waals surface area contributed by atoms with Crippen LogP contribution in [0.4, 0.5) is 0 Å². The number of ether oxygens (including phenoxy) is 1. The van der Waals surface area contributed by atoms with Crippen LogP contribution >= 0.6 is 0 Å². The smallest absolute Gasteiger partial charge is 0.219 e. The highest BCUT2D eigenvalue weighted by Gasteiger charge is 1.93. The van der Waals surface area contributed by atoms with Crippen LogP contribution in [-0.2, 0) is 11.3 Å². The molecular formula is C6H9NO2. The van der Waals surface area contributed by atoms with Gasteiger partial charge in [0.25, 0.3) is 0 Å². The minimum absolute atomic E-state index is 0.476. The Morgan fingerprint density at radius 3 is 3.22 bits per heavy atom. The molecule has 1 aromatic heterocycles. The summed E-state index contributed by atoms with van der Waals surface area (Å²) in [5, 5.41) is 0. The summed E-state index contributed by atoms with van der Waals surface area (Å²) in [5.41, 5.74) is 0. The second-order valence-corrected chi connectivity index (χ2v) is 1.56. The fraction of sp³-hybridized carbons (Fsp3) is 0.500. The number of oxazole rings is 1. The molecule has 3 nitrogen and oxygen atoms in total. The maximum Gasteiger partial charge on any atom is 0.219 e. The van der Waals surface area contributed by atoms with Gasteiger partial charge in [0.1, 0.15) is 12.9 Å². The van der Waals surface area contributed by atoms with Gasteiger partial charge in [-0.2, -0.15) is 0 Å². The minimum Gasteiger partial charge on any atom is -0.446 e. The van der Waals surface area contributed by atoms with Gasteiger partial charge in [0.15, 0.2) is 0 Å². The maximum atomic E-state index is 5.02. The molecule has 0 aromatic carbocycles. The normalized spacial score (nSPS) is 9.89. The van der Waals surface area contributed by atoms with Gasteiger partial charge in [-0.25, -0.2) is 4.98 Å². The number of rotatable bonds is 3. The van der Waals surface area contributed by atoms with Crippen LogP contribution in [0.3, 0.4) is 0 Å². The monoisotopic (exact) mass is 127 g/mol. The van der Waals surface area contributed by atoms with Crippen LogP contribution < -0.4 is 0 Å².